The van der Waals surface area contributed by atoms with Crippen LogP contribution in [0.4, 0.5) is 0 Å². The second kappa shape index (κ2) is 7.24. The summed E-state index contributed by atoms with van der Waals surface area (Å²) in [6.45, 7) is 8.63. The molecule has 0 saturated heterocycles. The van der Waals surface area contributed by atoms with E-state index in [1.165, 1.54) is 11.1 Å². The first-order chi connectivity index (χ1) is 7.70. The minimum atomic E-state index is 0.833. The van der Waals surface area contributed by atoms with Crippen molar-refractivity contribution in [1.29, 1.82) is 0 Å². The first-order valence-electron chi connectivity index (χ1n) is 6.15. The molecule has 0 aromatic heterocycles. The van der Waals surface area contributed by atoms with E-state index in [1.807, 2.05) is 0 Å². The number of nitrogens with one attached hydrogen (secondary N) is 1. The summed E-state index contributed by atoms with van der Waals surface area (Å²) in [6, 6.07) is 10.6. The van der Waals surface area contributed by atoms with E-state index in [-0.39, 0.29) is 0 Å². The van der Waals surface area contributed by atoms with Crippen LogP contribution >= 0.6 is 0 Å². The van der Waals surface area contributed by atoms with Crippen LogP contribution < -0.4 is 5.32 Å². The summed E-state index contributed by atoms with van der Waals surface area (Å²) in [4.78, 5) is 0. The smallest absolute Gasteiger partial charge is 0.0140 e. The van der Waals surface area contributed by atoms with Gasteiger partial charge in [0.15, 0.2) is 0 Å². The highest BCUT2D eigenvalue weighted by molar-refractivity contribution is 5.66. The van der Waals surface area contributed by atoms with Gasteiger partial charge in [0.1, 0.15) is 0 Å². The second-order valence-corrected chi connectivity index (χ2v) is 4.78. The first kappa shape index (κ1) is 13.0. The number of hydrogen-bond acceptors (Lipinski definition) is 1. The van der Waals surface area contributed by atoms with E-state index in [0.29, 0.717) is 0 Å². The molecule has 0 fully saturated rings. The van der Waals surface area contributed by atoms with Crippen molar-refractivity contribution >= 4 is 5.57 Å². The third-order valence-electron chi connectivity index (χ3n) is 2.21. The van der Waals surface area contributed by atoms with E-state index >= 15 is 0 Å². The lowest BCUT2D eigenvalue weighted by Crippen LogP contribution is -2.19. The summed E-state index contributed by atoms with van der Waals surface area (Å²) in [5.74, 6) is 0.833. The van der Waals surface area contributed by atoms with Crippen molar-refractivity contribution in [2.24, 2.45) is 5.92 Å². The molecule has 1 heterocycles. The van der Waals surface area contributed by atoms with Gasteiger partial charge in [0.25, 0.3) is 0 Å². The number of benzene rings is 1. The Morgan fingerprint density at radius 2 is 1.69 bits per heavy atom. The van der Waals surface area contributed by atoms with Crippen LogP contribution in [0.1, 0.15) is 32.8 Å². The maximum absolute atomic E-state index is 3.31. The van der Waals surface area contributed by atoms with Gasteiger partial charge < -0.3 is 5.32 Å². The van der Waals surface area contributed by atoms with Crippen LogP contribution in [0.2, 0.25) is 0 Å². The minimum absolute atomic E-state index is 0.833. The normalized spacial score (nSPS) is 15.1. The van der Waals surface area contributed by atoms with Crippen molar-refractivity contribution in [2.75, 3.05) is 13.1 Å². The molecule has 0 aliphatic carbocycles. The van der Waals surface area contributed by atoms with Crippen LogP contribution in [-0.4, -0.2) is 13.1 Å². The molecule has 0 spiro atoms. The van der Waals surface area contributed by atoms with Gasteiger partial charge in [0, 0.05) is 6.54 Å². The van der Waals surface area contributed by atoms with Crippen molar-refractivity contribution in [3.8, 4) is 0 Å². The quantitative estimate of drug-likeness (QED) is 0.756. The van der Waals surface area contributed by atoms with E-state index in [2.05, 4.69) is 62.5 Å². The standard InChI is InChI=1S/C11H13N.C4H10/c1-2-4-10(5-3-1)11-6-8-12-9-7-11;1-4(2)3/h1-6,12H,7-9H2;4H,1-3H3. The Bertz CT molecular complexity index is 309. The first-order valence-corrected chi connectivity index (χ1v) is 6.15. The Morgan fingerprint density at radius 1 is 1.06 bits per heavy atom. The van der Waals surface area contributed by atoms with Gasteiger partial charge in [-0.3, -0.25) is 0 Å². The van der Waals surface area contributed by atoms with E-state index in [4.69, 9.17) is 0 Å². The monoisotopic (exact) mass is 217 g/mol. The topological polar surface area (TPSA) is 12.0 Å². The highest BCUT2D eigenvalue weighted by atomic mass is 14.8. The van der Waals surface area contributed by atoms with Gasteiger partial charge in [-0.2, -0.15) is 0 Å². The Labute approximate surface area is 99.6 Å². The van der Waals surface area contributed by atoms with Crippen molar-refractivity contribution in [3.63, 3.8) is 0 Å². The van der Waals surface area contributed by atoms with E-state index < -0.39 is 0 Å². The zero-order valence-corrected chi connectivity index (χ0v) is 10.7. The van der Waals surface area contributed by atoms with E-state index in [0.717, 1.165) is 25.4 Å². The molecule has 1 aromatic rings. The molecule has 2 rings (SSSR count). The molecular weight excluding hydrogens is 194 g/mol. The average molecular weight is 217 g/mol. The maximum atomic E-state index is 3.31. The highest BCUT2D eigenvalue weighted by Crippen LogP contribution is 2.18. The van der Waals surface area contributed by atoms with Crippen LogP contribution in [0.5, 0.6) is 0 Å². The summed E-state index contributed by atoms with van der Waals surface area (Å²) in [5, 5.41) is 3.31. The van der Waals surface area contributed by atoms with Gasteiger partial charge >= 0.3 is 0 Å². The van der Waals surface area contributed by atoms with Crippen LogP contribution in [0.25, 0.3) is 5.57 Å². The summed E-state index contributed by atoms with van der Waals surface area (Å²) < 4.78 is 0. The fourth-order valence-corrected chi connectivity index (χ4v) is 1.54. The Morgan fingerprint density at radius 3 is 2.19 bits per heavy atom. The molecule has 1 nitrogen and oxygen atoms in total. The zero-order valence-electron chi connectivity index (χ0n) is 10.7. The Kier molecular flexibility index (Phi) is 5.87. The Balaban J connectivity index is 0.000000280. The third kappa shape index (κ3) is 5.13. The summed E-state index contributed by atoms with van der Waals surface area (Å²) >= 11 is 0. The lowest BCUT2D eigenvalue weighted by Gasteiger charge is -2.13. The molecule has 88 valence electrons. The molecule has 0 unspecified atom stereocenters. The van der Waals surface area contributed by atoms with Crippen molar-refractivity contribution in [2.45, 2.75) is 27.2 Å². The van der Waals surface area contributed by atoms with Crippen molar-refractivity contribution < 1.29 is 0 Å². The van der Waals surface area contributed by atoms with Gasteiger partial charge in [0.05, 0.1) is 0 Å². The fraction of sp³-hybridized carbons (Fsp3) is 0.467. The summed E-state index contributed by atoms with van der Waals surface area (Å²) in [5.41, 5.74) is 2.85. The average Bonchev–Trinajstić information content (AvgIpc) is 2.31. The molecule has 1 aliphatic rings. The fourth-order valence-electron chi connectivity index (χ4n) is 1.54. The molecule has 0 amide bonds. The third-order valence-corrected chi connectivity index (χ3v) is 2.21. The highest BCUT2D eigenvalue weighted by Gasteiger charge is 2.03. The van der Waals surface area contributed by atoms with E-state index in [1.54, 1.807) is 0 Å². The van der Waals surface area contributed by atoms with Crippen LogP contribution in [0, 0.1) is 5.92 Å². The van der Waals surface area contributed by atoms with Crippen LogP contribution in [0.15, 0.2) is 36.4 Å². The molecule has 1 aromatic carbocycles. The molecule has 0 saturated carbocycles. The number of hydrogen-bond donors (Lipinski definition) is 1. The maximum Gasteiger partial charge on any atom is 0.0140 e. The predicted molar refractivity (Wildman–Crippen MR) is 72.4 cm³/mol. The second-order valence-electron chi connectivity index (χ2n) is 4.78. The lowest BCUT2D eigenvalue weighted by atomic mass is 10.0. The predicted octanol–water partition coefficient (Wildman–Crippen LogP) is 3.73. The minimum Gasteiger partial charge on any atom is -0.313 e. The largest absolute Gasteiger partial charge is 0.313 e. The molecule has 1 heteroatoms. The van der Waals surface area contributed by atoms with Gasteiger partial charge in [0.2, 0.25) is 0 Å². The SMILES string of the molecule is C1=C(c2ccccc2)CCNC1.CC(C)C. The van der Waals surface area contributed by atoms with E-state index in [9.17, 15) is 0 Å². The molecule has 0 bridgehead atoms. The van der Waals surface area contributed by atoms with Crippen LogP contribution in [0.3, 0.4) is 0 Å². The lowest BCUT2D eigenvalue weighted by molar-refractivity contribution is 0.737. The van der Waals surface area contributed by atoms with Crippen molar-refractivity contribution in [3.05, 3.63) is 42.0 Å². The molecule has 1 aliphatic heterocycles. The zero-order chi connectivity index (χ0) is 11.8. The summed E-state index contributed by atoms with van der Waals surface area (Å²) in [7, 11) is 0. The molecule has 0 atom stereocenters. The van der Waals surface area contributed by atoms with Gasteiger partial charge in [-0.25, -0.2) is 0 Å². The molecule has 1 N–H and O–H groups in total. The van der Waals surface area contributed by atoms with Gasteiger partial charge in [-0.05, 0) is 30.0 Å². The Hall–Kier alpha value is -1.08. The molecular formula is C15H23N. The number of rotatable bonds is 1. The van der Waals surface area contributed by atoms with Crippen molar-refractivity contribution in [1.82, 2.24) is 5.32 Å². The summed E-state index contributed by atoms with van der Waals surface area (Å²) in [6.07, 6.45) is 3.43. The molecule has 0 radical (unpaired) electrons. The molecule has 16 heavy (non-hydrogen) atoms. The van der Waals surface area contributed by atoms with Gasteiger partial charge in [-0.15, -0.1) is 0 Å². The van der Waals surface area contributed by atoms with Crippen LogP contribution in [-0.2, 0) is 0 Å². The van der Waals surface area contributed by atoms with Gasteiger partial charge in [-0.1, -0.05) is 57.2 Å².